The fraction of sp³-hybridized carbons (Fsp3) is 0.182. The Labute approximate surface area is 133 Å². The second-order valence-corrected chi connectivity index (χ2v) is 7.15. The van der Waals surface area contributed by atoms with Gasteiger partial charge in [0.1, 0.15) is 15.7 Å². The van der Waals surface area contributed by atoms with Gasteiger partial charge in [0, 0.05) is 0 Å². The first-order valence-corrected chi connectivity index (χ1v) is 8.50. The Morgan fingerprint density at radius 3 is 2.68 bits per heavy atom. The first kappa shape index (κ1) is 16.6. The minimum atomic E-state index is -4.35. The molecular formula is C11H9ClFN3O4S2. The van der Waals surface area contributed by atoms with Gasteiger partial charge in [-0.2, -0.15) is 0 Å². The van der Waals surface area contributed by atoms with Crippen LogP contribution in [-0.4, -0.2) is 29.7 Å². The first-order chi connectivity index (χ1) is 10.2. The van der Waals surface area contributed by atoms with Crippen LogP contribution in [0.15, 0.2) is 17.0 Å². The topological polar surface area (TPSA) is 109 Å². The molecule has 0 aliphatic heterocycles. The summed E-state index contributed by atoms with van der Waals surface area (Å²) < 4.78 is 40.2. The molecule has 2 N–H and O–H groups in total. The number of aryl methyl sites for hydroxylation is 1. The summed E-state index contributed by atoms with van der Waals surface area (Å²) in [7, 11) is -4.35. The van der Waals surface area contributed by atoms with Gasteiger partial charge in [-0.1, -0.05) is 29.9 Å². The molecule has 0 aliphatic rings. The summed E-state index contributed by atoms with van der Waals surface area (Å²) >= 11 is 6.57. The van der Waals surface area contributed by atoms with Gasteiger partial charge in [-0.05, 0) is 18.6 Å². The summed E-state index contributed by atoms with van der Waals surface area (Å²) in [4.78, 5) is 10.1. The first-order valence-electron chi connectivity index (χ1n) is 5.82. The lowest BCUT2D eigenvalue weighted by Crippen LogP contribution is -2.15. The maximum Gasteiger partial charge on any atom is 0.337 e. The van der Waals surface area contributed by atoms with Crippen LogP contribution in [0.1, 0.15) is 22.3 Å². The zero-order chi connectivity index (χ0) is 16.5. The summed E-state index contributed by atoms with van der Waals surface area (Å²) in [6.45, 7) is 1.82. The van der Waals surface area contributed by atoms with E-state index in [1.54, 1.807) is 0 Å². The number of sulfonamides is 1. The van der Waals surface area contributed by atoms with Crippen molar-refractivity contribution in [2.45, 2.75) is 18.2 Å². The maximum absolute atomic E-state index is 13.8. The Morgan fingerprint density at radius 2 is 2.14 bits per heavy atom. The van der Waals surface area contributed by atoms with E-state index in [2.05, 4.69) is 14.9 Å². The van der Waals surface area contributed by atoms with Crippen LogP contribution in [0.3, 0.4) is 0 Å². The van der Waals surface area contributed by atoms with E-state index in [0.717, 1.165) is 11.3 Å². The Hall–Kier alpha value is -1.78. The monoisotopic (exact) mass is 365 g/mol. The van der Waals surface area contributed by atoms with E-state index in [1.807, 2.05) is 6.92 Å². The van der Waals surface area contributed by atoms with Crippen molar-refractivity contribution in [3.8, 4) is 0 Å². The number of aromatic carboxylic acids is 1. The van der Waals surface area contributed by atoms with Crippen LogP contribution in [0.25, 0.3) is 0 Å². The normalized spacial score (nSPS) is 11.4. The molecule has 2 rings (SSSR count). The SMILES string of the molecule is CCc1nnc(NS(=O)(=O)c2cc(C(=O)O)c(Cl)cc2F)s1. The molecule has 0 saturated carbocycles. The predicted octanol–water partition coefficient (Wildman–Crippen LogP) is 2.39. The molecule has 0 aliphatic carbocycles. The van der Waals surface area contributed by atoms with Crippen molar-refractivity contribution in [1.82, 2.24) is 10.2 Å². The number of hydrogen-bond donors (Lipinski definition) is 2. The second-order valence-electron chi connectivity index (χ2n) is 4.03. The Balaban J connectivity index is 2.44. The summed E-state index contributed by atoms with van der Waals surface area (Å²) in [6.07, 6.45) is 0.567. The fourth-order valence-corrected chi connectivity index (χ4v) is 3.73. The van der Waals surface area contributed by atoms with Crippen LogP contribution in [-0.2, 0) is 16.4 Å². The smallest absolute Gasteiger partial charge is 0.337 e. The number of rotatable bonds is 5. The molecule has 2 aromatic rings. The number of carboxylic acids is 1. The molecule has 0 saturated heterocycles. The molecule has 118 valence electrons. The van der Waals surface area contributed by atoms with Gasteiger partial charge in [-0.25, -0.2) is 17.6 Å². The number of carbonyl (C=O) groups is 1. The standard InChI is InChI=1S/C11H9ClFN3O4S2/c1-2-9-14-15-11(21-9)16-22(19,20)8-3-5(10(17)18)6(12)4-7(8)13/h3-4H,2H2,1H3,(H,15,16)(H,17,18). The summed E-state index contributed by atoms with van der Waals surface area (Å²) in [5.41, 5.74) is -0.519. The predicted molar refractivity (Wildman–Crippen MR) is 78.5 cm³/mol. The maximum atomic E-state index is 13.8. The van der Waals surface area contributed by atoms with Gasteiger partial charge in [0.05, 0.1) is 10.6 Å². The molecule has 0 fully saturated rings. The van der Waals surface area contributed by atoms with E-state index in [0.29, 0.717) is 23.6 Å². The molecule has 0 spiro atoms. The van der Waals surface area contributed by atoms with Crippen LogP contribution in [0.5, 0.6) is 0 Å². The van der Waals surface area contributed by atoms with E-state index in [9.17, 15) is 17.6 Å². The van der Waals surface area contributed by atoms with E-state index in [-0.39, 0.29) is 5.13 Å². The number of nitrogens with zero attached hydrogens (tertiary/aromatic N) is 2. The quantitative estimate of drug-likeness (QED) is 0.841. The molecule has 1 aromatic heterocycles. The highest BCUT2D eigenvalue weighted by Gasteiger charge is 2.24. The second kappa shape index (κ2) is 6.15. The third-order valence-electron chi connectivity index (χ3n) is 2.53. The van der Waals surface area contributed by atoms with Gasteiger partial charge in [-0.3, -0.25) is 4.72 Å². The number of halogens is 2. The summed E-state index contributed by atoms with van der Waals surface area (Å²) in [5.74, 6) is -2.63. The average Bonchev–Trinajstić information content (AvgIpc) is 2.84. The fourth-order valence-electron chi connectivity index (χ4n) is 1.51. The van der Waals surface area contributed by atoms with Crippen molar-refractivity contribution in [2.24, 2.45) is 0 Å². The number of benzene rings is 1. The highest BCUT2D eigenvalue weighted by atomic mass is 35.5. The van der Waals surface area contributed by atoms with Crippen LogP contribution >= 0.6 is 22.9 Å². The Kier molecular flexibility index (Phi) is 4.63. The van der Waals surface area contributed by atoms with Crippen LogP contribution in [0.4, 0.5) is 9.52 Å². The van der Waals surface area contributed by atoms with E-state index in [4.69, 9.17) is 16.7 Å². The number of aromatic nitrogens is 2. The van der Waals surface area contributed by atoms with Crippen LogP contribution < -0.4 is 4.72 Å². The van der Waals surface area contributed by atoms with Crippen molar-refractivity contribution in [1.29, 1.82) is 0 Å². The van der Waals surface area contributed by atoms with Crippen LogP contribution in [0.2, 0.25) is 5.02 Å². The lowest BCUT2D eigenvalue weighted by Gasteiger charge is -2.08. The van der Waals surface area contributed by atoms with Gasteiger partial charge >= 0.3 is 5.97 Å². The van der Waals surface area contributed by atoms with E-state index >= 15 is 0 Å². The van der Waals surface area contributed by atoms with Crippen molar-refractivity contribution in [2.75, 3.05) is 4.72 Å². The molecule has 1 aromatic carbocycles. The van der Waals surface area contributed by atoms with Gasteiger partial charge < -0.3 is 5.11 Å². The minimum absolute atomic E-state index is 0.0388. The van der Waals surface area contributed by atoms with Crippen molar-refractivity contribution in [3.05, 3.63) is 33.5 Å². The Morgan fingerprint density at radius 1 is 1.45 bits per heavy atom. The molecule has 0 amide bonds. The molecule has 0 unspecified atom stereocenters. The molecule has 1 heterocycles. The minimum Gasteiger partial charge on any atom is -0.478 e. The highest BCUT2D eigenvalue weighted by molar-refractivity contribution is 7.93. The van der Waals surface area contributed by atoms with Crippen molar-refractivity contribution >= 4 is 44.1 Å². The third kappa shape index (κ3) is 3.34. The zero-order valence-corrected chi connectivity index (χ0v) is 13.4. The molecule has 0 radical (unpaired) electrons. The van der Waals surface area contributed by atoms with Gasteiger partial charge in [0.15, 0.2) is 0 Å². The van der Waals surface area contributed by atoms with Gasteiger partial charge in [0.25, 0.3) is 10.0 Å². The van der Waals surface area contributed by atoms with Gasteiger partial charge in [-0.15, -0.1) is 10.2 Å². The van der Waals surface area contributed by atoms with E-state index in [1.165, 1.54) is 0 Å². The van der Waals surface area contributed by atoms with E-state index < -0.39 is 37.3 Å². The molecule has 11 heteroatoms. The van der Waals surface area contributed by atoms with Crippen molar-refractivity contribution < 1.29 is 22.7 Å². The lowest BCUT2D eigenvalue weighted by molar-refractivity contribution is 0.0696. The summed E-state index contributed by atoms with van der Waals surface area (Å²) in [6, 6.07) is 1.29. The third-order valence-corrected chi connectivity index (χ3v) is 5.31. The summed E-state index contributed by atoms with van der Waals surface area (Å²) in [5, 5.41) is 16.4. The van der Waals surface area contributed by atoms with Crippen LogP contribution in [0, 0.1) is 5.82 Å². The number of nitrogens with one attached hydrogen (secondary N) is 1. The molecular weight excluding hydrogens is 357 g/mol. The molecule has 7 nitrogen and oxygen atoms in total. The number of hydrogen-bond acceptors (Lipinski definition) is 6. The van der Waals surface area contributed by atoms with Gasteiger partial charge in [0.2, 0.25) is 5.13 Å². The van der Waals surface area contributed by atoms with Crippen molar-refractivity contribution in [3.63, 3.8) is 0 Å². The average molecular weight is 366 g/mol. The molecule has 0 bridgehead atoms. The molecule has 22 heavy (non-hydrogen) atoms. The highest BCUT2D eigenvalue weighted by Crippen LogP contribution is 2.26. The largest absolute Gasteiger partial charge is 0.478 e. The lowest BCUT2D eigenvalue weighted by atomic mass is 10.2. The zero-order valence-electron chi connectivity index (χ0n) is 11.0. The molecule has 0 atom stereocenters. The Bertz CT molecular complexity index is 838. The number of anilines is 1. The number of carboxylic acid groups (broad SMARTS) is 1.